The molecule has 28 heavy (non-hydrogen) atoms. The van der Waals surface area contributed by atoms with Gasteiger partial charge in [0.2, 0.25) is 0 Å². The topological polar surface area (TPSA) is 65.1 Å². The Morgan fingerprint density at radius 1 is 1.14 bits per heavy atom. The Hall–Kier alpha value is -2.33. The van der Waals surface area contributed by atoms with Crippen LogP contribution in [0.4, 0.5) is 19.0 Å². The van der Waals surface area contributed by atoms with Crippen LogP contribution in [-0.2, 0) is 6.18 Å². The van der Waals surface area contributed by atoms with Crippen LogP contribution in [0.5, 0.6) is 0 Å². The number of nitrogens with one attached hydrogen (secondary N) is 1. The number of aromatic amines is 1. The van der Waals surface area contributed by atoms with Crippen molar-refractivity contribution < 1.29 is 13.2 Å². The third kappa shape index (κ3) is 5.83. The molecule has 3 heterocycles. The quantitative estimate of drug-likeness (QED) is 0.448. The molecule has 2 aromatic heterocycles. The minimum atomic E-state index is -4.43. The predicted octanol–water partition coefficient (Wildman–Crippen LogP) is 2.65. The van der Waals surface area contributed by atoms with E-state index in [0.717, 1.165) is 25.7 Å². The molecule has 0 radical (unpaired) electrons. The molecule has 1 aliphatic rings. The van der Waals surface area contributed by atoms with Gasteiger partial charge in [-0.3, -0.25) is 9.69 Å². The fraction of sp³-hybridized carbons (Fsp3) is 0.389. The molecule has 0 unspecified atom stereocenters. The third-order valence-electron chi connectivity index (χ3n) is 4.22. The van der Waals surface area contributed by atoms with E-state index in [2.05, 4.69) is 19.9 Å². The summed E-state index contributed by atoms with van der Waals surface area (Å²) in [5.41, 5.74) is -1.03. The summed E-state index contributed by atoms with van der Waals surface area (Å²) in [6.07, 6.45) is 1.11. The van der Waals surface area contributed by atoms with Crippen LogP contribution in [0.2, 0.25) is 0 Å². The highest BCUT2D eigenvalue weighted by Crippen LogP contribution is 2.29. The number of thioether (sulfide) groups is 1. The van der Waals surface area contributed by atoms with Crippen LogP contribution in [0, 0.1) is 0 Å². The second-order valence-corrected chi connectivity index (χ2v) is 7.20. The number of alkyl halides is 3. The van der Waals surface area contributed by atoms with E-state index in [0.29, 0.717) is 29.8 Å². The highest BCUT2D eigenvalue weighted by molar-refractivity contribution is 7.99. The standard InChI is InChI=1S/C18H20F3N5OS/c19-18(20,21)14-4-3-5-15(23-14)26-11-9-25(10-12-26)8-1-2-13-28-17-22-7-6-16(27)24-17/h1-7H,8-13H2,(H,22,24,27). The molecule has 0 saturated carbocycles. The number of nitrogens with zero attached hydrogens (tertiary/aromatic N) is 4. The number of rotatable bonds is 6. The molecule has 1 saturated heterocycles. The van der Waals surface area contributed by atoms with Crippen LogP contribution in [0.1, 0.15) is 5.69 Å². The van der Waals surface area contributed by atoms with Gasteiger partial charge in [0, 0.05) is 50.7 Å². The average Bonchev–Trinajstić information content (AvgIpc) is 2.68. The van der Waals surface area contributed by atoms with Gasteiger partial charge in [0.05, 0.1) is 0 Å². The SMILES string of the molecule is O=c1ccnc(SCC=CCN2CCN(c3cccc(C(F)(F)F)n3)CC2)[nH]1. The van der Waals surface area contributed by atoms with Gasteiger partial charge < -0.3 is 9.88 Å². The maximum absolute atomic E-state index is 12.8. The molecule has 1 aliphatic heterocycles. The van der Waals surface area contributed by atoms with E-state index in [1.54, 1.807) is 6.07 Å². The number of halogens is 3. The van der Waals surface area contributed by atoms with E-state index >= 15 is 0 Å². The summed E-state index contributed by atoms with van der Waals surface area (Å²) in [5, 5.41) is 0.583. The Balaban J connectivity index is 1.42. The van der Waals surface area contributed by atoms with Crippen molar-refractivity contribution in [1.29, 1.82) is 0 Å². The van der Waals surface area contributed by atoms with Gasteiger partial charge in [-0.2, -0.15) is 13.2 Å². The van der Waals surface area contributed by atoms with Crippen LogP contribution in [0.3, 0.4) is 0 Å². The molecule has 0 aromatic carbocycles. The molecule has 1 fully saturated rings. The lowest BCUT2D eigenvalue weighted by atomic mass is 10.2. The first-order valence-electron chi connectivity index (χ1n) is 8.76. The van der Waals surface area contributed by atoms with Crippen molar-refractivity contribution in [2.24, 2.45) is 0 Å². The Morgan fingerprint density at radius 3 is 2.64 bits per heavy atom. The van der Waals surface area contributed by atoms with Crippen molar-refractivity contribution in [3.63, 3.8) is 0 Å². The maximum atomic E-state index is 12.8. The van der Waals surface area contributed by atoms with E-state index in [-0.39, 0.29) is 5.56 Å². The number of H-pyrrole nitrogens is 1. The largest absolute Gasteiger partial charge is 0.433 e. The third-order valence-corrected chi connectivity index (χ3v) is 5.06. The van der Waals surface area contributed by atoms with Crippen LogP contribution in [-0.4, -0.2) is 58.3 Å². The number of hydrogen-bond donors (Lipinski definition) is 1. The molecule has 0 aliphatic carbocycles. The van der Waals surface area contributed by atoms with Gasteiger partial charge >= 0.3 is 6.18 Å². The van der Waals surface area contributed by atoms with E-state index in [4.69, 9.17) is 0 Å². The van der Waals surface area contributed by atoms with Crippen molar-refractivity contribution in [3.05, 3.63) is 58.7 Å². The van der Waals surface area contributed by atoms with Gasteiger partial charge in [-0.05, 0) is 12.1 Å². The fourth-order valence-corrected chi connectivity index (χ4v) is 3.46. The minimum Gasteiger partial charge on any atom is -0.354 e. The van der Waals surface area contributed by atoms with Crippen LogP contribution in [0.15, 0.2) is 52.6 Å². The van der Waals surface area contributed by atoms with Gasteiger partial charge in [0.25, 0.3) is 5.56 Å². The molecular weight excluding hydrogens is 391 g/mol. The predicted molar refractivity (Wildman–Crippen MR) is 103 cm³/mol. The van der Waals surface area contributed by atoms with E-state index in [1.165, 1.54) is 30.1 Å². The summed E-state index contributed by atoms with van der Waals surface area (Å²) >= 11 is 1.44. The molecule has 0 spiro atoms. The molecule has 3 rings (SSSR count). The number of anilines is 1. The van der Waals surface area contributed by atoms with Crippen LogP contribution < -0.4 is 10.5 Å². The zero-order valence-corrected chi connectivity index (χ0v) is 15.8. The Kier molecular flexibility index (Phi) is 6.74. The maximum Gasteiger partial charge on any atom is 0.433 e. The van der Waals surface area contributed by atoms with E-state index in [1.807, 2.05) is 17.1 Å². The summed E-state index contributed by atoms with van der Waals surface area (Å²) in [6, 6.07) is 5.37. The van der Waals surface area contributed by atoms with Gasteiger partial charge in [-0.15, -0.1) is 0 Å². The van der Waals surface area contributed by atoms with Gasteiger partial charge in [0.1, 0.15) is 11.5 Å². The molecule has 0 amide bonds. The van der Waals surface area contributed by atoms with Crippen LogP contribution in [0.25, 0.3) is 0 Å². The lowest BCUT2D eigenvalue weighted by molar-refractivity contribution is -0.141. The monoisotopic (exact) mass is 411 g/mol. The molecule has 0 bridgehead atoms. The van der Waals surface area contributed by atoms with Crippen molar-refractivity contribution in [1.82, 2.24) is 19.9 Å². The normalized spacial score (nSPS) is 16.0. The van der Waals surface area contributed by atoms with Crippen molar-refractivity contribution in [2.45, 2.75) is 11.3 Å². The first kappa shape index (κ1) is 20.4. The van der Waals surface area contributed by atoms with E-state index < -0.39 is 11.9 Å². The van der Waals surface area contributed by atoms with Gasteiger partial charge in [0.15, 0.2) is 5.16 Å². The minimum absolute atomic E-state index is 0.172. The summed E-state index contributed by atoms with van der Waals surface area (Å²) in [4.78, 5) is 25.8. The number of pyridine rings is 1. The zero-order chi connectivity index (χ0) is 20.0. The Labute approximate surface area is 164 Å². The number of aromatic nitrogens is 3. The number of hydrogen-bond acceptors (Lipinski definition) is 6. The lowest BCUT2D eigenvalue weighted by Crippen LogP contribution is -2.46. The van der Waals surface area contributed by atoms with Crippen LogP contribution >= 0.6 is 11.8 Å². The second kappa shape index (κ2) is 9.24. The second-order valence-electron chi connectivity index (χ2n) is 6.19. The lowest BCUT2D eigenvalue weighted by Gasteiger charge is -2.35. The highest BCUT2D eigenvalue weighted by Gasteiger charge is 2.33. The fourth-order valence-electron chi connectivity index (χ4n) is 2.76. The van der Waals surface area contributed by atoms with Gasteiger partial charge in [-0.25, -0.2) is 9.97 Å². The summed E-state index contributed by atoms with van der Waals surface area (Å²) in [6.45, 7) is 3.53. The molecule has 1 N–H and O–H groups in total. The zero-order valence-electron chi connectivity index (χ0n) is 15.0. The molecule has 2 aromatic rings. The van der Waals surface area contributed by atoms with Crippen molar-refractivity contribution in [3.8, 4) is 0 Å². The Morgan fingerprint density at radius 2 is 1.93 bits per heavy atom. The number of piperazine rings is 1. The first-order chi connectivity index (χ1) is 13.4. The molecule has 10 heteroatoms. The molecule has 0 atom stereocenters. The Bertz CT molecular complexity index is 863. The smallest absolute Gasteiger partial charge is 0.354 e. The molecule has 6 nitrogen and oxygen atoms in total. The average molecular weight is 411 g/mol. The first-order valence-corrected chi connectivity index (χ1v) is 9.75. The van der Waals surface area contributed by atoms with E-state index in [9.17, 15) is 18.0 Å². The van der Waals surface area contributed by atoms with Crippen molar-refractivity contribution >= 4 is 17.6 Å². The summed E-state index contributed by atoms with van der Waals surface area (Å²) in [5.74, 6) is 1.06. The van der Waals surface area contributed by atoms with Crippen molar-refractivity contribution in [2.75, 3.05) is 43.4 Å². The summed E-state index contributed by atoms with van der Waals surface area (Å²) < 4.78 is 38.4. The highest BCUT2D eigenvalue weighted by atomic mass is 32.2. The van der Waals surface area contributed by atoms with Gasteiger partial charge in [-0.1, -0.05) is 30.0 Å². The molecule has 150 valence electrons. The summed E-state index contributed by atoms with van der Waals surface area (Å²) in [7, 11) is 0. The molecular formula is C18H20F3N5OS.